The molecule has 0 spiro atoms. The van der Waals surface area contributed by atoms with Crippen LogP contribution >= 0.6 is 0 Å². The van der Waals surface area contributed by atoms with E-state index in [2.05, 4.69) is 13.2 Å². The van der Waals surface area contributed by atoms with Crippen LogP contribution in [0.1, 0.15) is 18.4 Å². The molecule has 0 aliphatic rings. The molecular formula is C15H17F3O. The number of alkyl halides is 3. The third-order valence-corrected chi connectivity index (χ3v) is 2.87. The molecular weight excluding hydrogens is 253 g/mol. The summed E-state index contributed by atoms with van der Waals surface area (Å²) in [6.07, 6.45) is -2.22. The van der Waals surface area contributed by atoms with Crippen molar-refractivity contribution in [1.29, 1.82) is 0 Å². The second-order valence-corrected chi connectivity index (χ2v) is 4.19. The minimum Gasteiger partial charge on any atom is -0.357 e. The third kappa shape index (κ3) is 3.96. The first-order chi connectivity index (χ1) is 8.95. The fourth-order valence-electron chi connectivity index (χ4n) is 1.68. The van der Waals surface area contributed by atoms with Crippen molar-refractivity contribution in [3.05, 3.63) is 61.2 Å². The van der Waals surface area contributed by atoms with E-state index in [0.29, 0.717) is 5.56 Å². The van der Waals surface area contributed by atoms with Crippen molar-refractivity contribution in [3.8, 4) is 0 Å². The summed E-state index contributed by atoms with van der Waals surface area (Å²) in [6, 6.07) is 8.75. The molecule has 19 heavy (non-hydrogen) atoms. The molecule has 0 aromatic heterocycles. The van der Waals surface area contributed by atoms with Crippen molar-refractivity contribution in [2.24, 2.45) is 0 Å². The Kier molecular flexibility index (Phi) is 5.36. The summed E-state index contributed by atoms with van der Waals surface area (Å²) in [5.41, 5.74) is -1.63. The van der Waals surface area contributed by atoms with Crippen LogP contribution in [0, 0.1) is 0 Å². The highest BCUT2D eigenvalue weighted by Crippen LogP contribution is 2.39. The van der Waals surface area contributed by atoms with Crippen LogP contribution in [0.5, 0.6) is 0 Å². The van der Waals surface area contributed by atoms with E-state index in [4.69, 9.17) is 4.74 Å². The van der Waals surface area contributed by atoms with Crippen molar-refractivity contribution in [2.75, 3.05) is 0 Å². The summed E-state index contributed by atoms with van der Waals surface area (Å²) in [5.74, 6) is 0. The Bertz CT molecular complexity index is 411. The third-order valence-electron chi connectivity index (χ3n) is 2.87. The molecule has 1 aromatic carbocycles. The molecule has 0 fully saturated rings. The smallest absolute Gasteiger partial charge is 0.357 e. The average Bonchev–Trinajstić information content (AvgIpc) is 2.39. The molecule has 1 unspecified atom stereocenters. The molecule has 4 heteroatoms. The zero-order valence-electron chi connectivity index (χ0n) is 10.6. The van der Waals surface area contributed by atoms with Crippen LogP contribution in [0.3, 0.4) is 0 Å². The topological polar surface area (TPSA) is 9.23 Å². The second kappa shape index (κ2) is 6.57. The number of hydrogen-bond acceptors (Lipinski definition) is 1. The van der Waals surface area contributed by atoms with E-state index < -0.39 is 11.8 Å². The van der Waals surface area contributed by atoms with Crippen LogP contribution in [0.4, 0.5) is 13.2 Å². The van der Waals surface area contributed by atoms with E-state index in [9.17, 15) is 13.2 Å². The number of allylic oxidation sites excluding steroid dienone is 1. The van der Waals surface area contributed by atoms with Crippen LogP contribution in [-0.2, 0) is 11.3 Å². The van der Waals surface area contributed by atoms with Gasteiger partial charge in [-0.3, -0.25) is 0 Å². The van der Waals surface area contributed by atoms with Crippen LogP contribution in [0.2, 0.25) is 0 Å². The molecule has 0 amide bonds. The van der Waals surface area contributed by atoms with Gasteiger partial charge in [0, 0.05) is 0 Å². The Morgan fingerprint density at radius 1 is 1.11 bits per heavy atom. The highest BCUT2D eigenvalue weighted by Gasteiger charge is 2.53. The van der Waals surface area contributed by atoms with Gasteiger partial charge in [-0.05, 0) is 18.4 Å². The number of ether oxygens (including phenoxy) is 1. The van der Waals surface area contributed by atoms with Gasteiger partial charge in [0.05, 0.1) is 6.61 Å². The number of rotatable bonds is 7. The first-order valence-corrected chi connectivity index (χ1v) is 5.94. The molecule has 0 N–H and O–H groups in total. The lowest BCUT2D eigenvalue weighted by atomic mass is 9.96. The van der Waals surface area contributed by atoms with Crippen LogP contribution in [0.15, 0.2) is 55.6 Å². The van der Waals surface area contributed by atoms with E-state index in [1.54, 1.807) is 30.3 Å². The van der Waals surface area contributed by atoms with Crippen molar-refractivity contribution in [2.45, 2.75) is 31.2 Å². The van der Waals surface area contributed by atoms with Gasteiger partial charge in [0.2, 0.25) is 0 Å². The summed E-state index contributed by atoms with van der Waals surface area (Å²) in [4.78, 5) is 0. The Morgan fingerprint density at radius 2 is 1.74 bits per heavy atom. The predicted molar refractivity (Wildman–Crippen MR) is 69.6 cm³/mol. The molecule has 0 saturated carbocycles. The summed E-state index contributed by atoms with van der Waals surface area (Å²) < 4.78 is 44.7. The average molecular weight is 270 g/mol. The lowest BCUT2D eigenvalue weighted by Gasteiger charge is -2.32. The molecule has 0 bridgehead atoms. The summed E-state index contributed by atoms with van der Waals surface area (Å²) in [7, 11) is 0. The van der Waals surface area contributed by atoms with E-state index in [1.165, 1.54) is 6.08 Å². The molecule has 1 atom stereocenters. The van der Waals surface area contributed by atoms with Crippen LogP contribution in [0.25, 0.3) is 0 Å². The van der Waals surface area contributed by atoms with Crippen LogP contribution in [-0.4, -0.2) is 11.8 Å². The molecule has 0 radical (unpaired) electrons. The molecule has 0 saturated heterocycles. The lowest BCUT2D eigenvalue weighted by molar-refractivity contribution is -0.263. The highest BCUT2D eigenvalue weighted by molar-refractivity contribution is 5.14. The van der Waals surface area contributed by atoms with E-state index in [0.717, 1.165) is 6.08 Å². The standard InChI is InChI=1S/C15H17F3O/c1-3-5-11-14(4-2,15(16,17)18)19-12-13-9-7-6-8-10-13/h3-4,6-10H,1-2,5,11-12H2. The summed E-state index contributed by atoms with van der Waals surface area (Å²) in [5, 5.41) is 0. The zero-order chi connectivity index (χ0) is 14.4. The van der Waals surface area contributed by atoms with Gasteiger partial charge >= 0.3 is 6.18 Å². The molecule has 0 aliphatic carbocycles. The number of halogens is 3. The lowest BCUT2D eigenvalue weighted by Crippen LogP contribution is -2.45. The first-order valence-electron chi connectivity index (χ1n) is 5.94. The van der Waals surface area contributed by atoms with E-state index in [-0.39, 0.29) is 19.4 Å². The van der Waals surface area contributed by atoms with E-state index >= 15 is 0 Å². The van der Waals surface area contributed by atoms with Gasteiger partial charge in [0.15, 0.2) is 5.60 Å². The maximum Gasteiger partial charge on any atom is 0.421 e. The van der Waals surface area contributed by atoms with Gasteiger partial charge in [-0.2, -0.15) is 13.2 Å². The summed E-state index contributed by atoms with van der Waals surface area (Å²) in [6.45, 7) is 6.62. The molecule has 0 aliphatic heterocycles. The SMILES string of the molecule is C=CCCC(C=C)(OCc1ccccc1)C(F)(F)F. The molecule has 0 heterocycles. The maximum atomic E-state index is 13.2. The Balaban J connectivity index is 2.84. The summed E-state index contributed by atoms with van der Waals surface area (Å²) >= 11 is 0. The normalized spacial score (nSPS) is 14.7. The molecule has 1 nitrogen and oxygen atoms in total. The van der Waals surface area contributed by atoms with Crippen molar-refractivity contribution in [3.63, 3.8) is 0 Å². The quantitative estimate of drug-likeness (QED) is 0.655. The predicted octanol–water partition coefficient (Wildman–Crippen LogP) is 4.66. The first kappa shape index (κ1) is 15.5. The minimum atomic E-state index is -4.49. The van der Waals surface area contributed by atoms with Crippen molar-refractivity contribution < 1.29 is 17.9 Å². The van der Waals surface area contributed by atoms with Crippen LogP contribution < -0.4 is 0 Å². The fraction of sp³-hybridized carbons (Fsp3) is 0.333. The van der Waals surface area contributed by atoms with E-state index in [1.807, 2.05) is 0 Å². The number of benzene rings is 1. The molecule has 1 rings (SSSR count). The number of hydrogen-bond donors (Lipinski definition) is 0. The van der Waals surface area contributed by atoms with Gasteiger partial charge in [0.25, 0.3) is 0 Å². The van der Waals surface area contributed by atoms with Gasteiger partial charge in [0.1, 0.15) is 0 Å². The molecule has 1 aromatic rings. The molecule has 104 valence electrons. The van der Waals surface area contributed by atoms with Gasteiger partial charge in [-0.25, -0.2) is 0 Å². The zero-order valence-corrected chi connectivity index (χ0v) is 10.6. The van der Waals surface area contributed by atoms with Gasteiger partial charge in [-0.1, -0.05) is 49.1 Å². The Hall–Kier alpha value is -1.55. The fourth-order valence-corrected chi connectivity index (χ4v) is 1.68. The second-order valence-electron chi connectivity index (χ2n) is 4.19. The monoisotopic (exact) mass is 270 g/mol. The minimum absolute atomic E-state index is 0.108. The van der Waals surface area contributed by atoms with Crippen molar-refractivity contribution in [1.82, 2.24) is 0 Å². The van der Waals surface area contributed by atoms with Crippen molar-refractivity contribution >= 4 is 0 Å². The largest absolute Gasteiger partial charge is 0.421 e. The highest BCUT2D eigenvalue weighted by atomic mass is 19.4. The van der Waals surface area contributed by atoms with Gasteiger partial charge in [-0.15, -0.1) is 6.58 Å². The Labute approximate surface area is 111 Å². The Morgan fingerprint density at radius 3 is 2.21 bits per heavy atom. The maximum absolute atomic E-state index is 13.2. The van der Waals surface area contributed by atoms with Gasteiger partial charge < -0.3 is 4.74 Å².